The molecule has 2 rings (SSSR count). The van der Waals surface area contributed by atoms with Gasteiger partial charge in [0, 0.05) is 6.54 Å². The van der Waals surface area contributed by atoms with Crippen LogP contribution >= 0.6 is 27.5 Å². The van der Waals surface area contributed by atoms with Gasteiger partial charge >= 0.3 is 0 Å². The van der Waals surface area contributed by atoms with Crippen molar-refractivity contribution < 1.29 is 4.39 Å². The molecule has 0 aliphatic carbocycles. The van der Waals surface area contributed by atoms with E-state index in [9.17, 15) is 4.39 Å². The number of nitrogens with one attached hydrogen (secondary N) is 1. The Hall–Kier alpha value is -0.910. The summed E-state index contributed by atoms with van der Waals surface area (Å²) in [5, 5.41) is 7.94. The van der Waals surface area contributed by atoms with Gasteiger partial charge in [-0.25, -0.2) is 4.39 Å². The molecule has 102 valence electrons. The van der Waals surface area contributed by atoms with Crippen molar-refractivity contribution >= 4 is 27.5 Å². The Morgan fingerprint density at radius 2 is 2.26 bits per heavy atom. The molecule has 0 saturated carbocycles. The molecule has 1 unspecified atom stereocenters. The van der Waals surface area contributed by atoms with Crippen molar-refractivity contribution in [2.75, 3.05) is 7.05 Å². The number of halogens is 3. The Labute approximate surface area is 124 Å². The second-order valence-corrected chi connectivity index (χ2v) is 5.35. The number of hydrogen-bond acceptors (Lipinski definition) is 2. The van der Waals surface area contributed by atoms with Gasteiger partial charge in [0.2, 0.25) is 0 Å². The molecule has 0 saturated heterocycles. The molecule has 1 heterocycles. The molecule has 1 aromatic carbocycles. The lowest BCUT2D eigenvalue weighted by Crippen LogP contribution is -2.22. The van der Waals surface area contributed by atoms with Gasteiger partial charge in [-0.3, -0.25) is 4.68 Å². The molecule has 19 heavy (non-hydrogen) atoms. The van der Waals surface area contributed by atoms with E-state index >= 15 is 0 Å². The molecular weight excluding hydrogens is 333 g/mol. The van der Waals surface area contributed by atoms with Gasteiger partial charge in [-0.1, -0.05) is 17.7 Å². The number of nitrogens with zero attached hydrogens (tertiary/aromatic N) is 2. The summed E-state index contributed by atoms with van der Waals surface area (Å²) in [7, 11) is 1.81. The first-order valence-electron chi connectivity index (χ1n) is 5.91. The Morgan fingerprint density at radius 1 is 1.53 bits per heavy atom. The third kappa shape index (κ3) is 2.83. The summed E-state index contributed by atoms with van der Waals surface area (Å²) in [6.07, 6.45) is 1.61. The van der Waals surface area contributed by atoms with Gasteiger partial charge < -0.3 is 5.32 Å². The van der Waals surface area contributed by atoms with E-state index in [1.54, 1.807) is 12.3 Å². The Bertz CT molecular complexity index is 585. The number of rotatable bonds is 4. The van der Waals surface area contributed by atoms with E-state index in [2.05, 4.69) is 26.3 Å². The van der Waals surface area contributed by atoms with E-state index < -0.39 is 0 Å². The van der Waals surface area contributed by atoms with Crippen molar-refractivity contribution in [2.24, 2.45) is 0 Å². The highest BCUT2D eigenvalue weighted by atomic mass is 79.9. The predicted octanol–water partition coefficient (Wildman–Crippen LogP) is 3.77. The largest absolute Gasteiger partial charge is 0.308 e. The summed E-state index contributed by atoms with van der Waals surface area (Å²) in [6.45, 7) is 2.70. The van der Waals surface area contributed by atoms with Crippen LogP contribution in [0.3, 0.4) is 0 Å². The molecule has 0 spiro atoms. The topological polar surface area (TPSA) is 29.9 Å². The van der Waals surface area contributed by atoms with Gasteiger partial charge in [-0.05, 0) is 47.6 Å². The molecule has 1 atom stereocenters. The predicted molar refractivity (Wildman–Crippen MR) is 77.9 cm³/mol. The van der Waals surface area contributed by atoms with E-state index in [0.29, 0.717) is 16.0 Å². The van der Waals surface area contributed by atoms with Crippen LogP contribution < -0.4 is 5.32 Å². The Morgan fingerprint density at radius 3 is 2.84 bits per heavy atom. The highest BCUT2D eigenvalue weighted by Crippen LogP contribution is 2.29. The van der Waals surface area contributed by atoms with Crippen LogP contribution in [-0.2, 0) is 6.54 Å². The van der Waals surface area contributed by atoms with Crippen LogP contribution in [0.5, 0.6) is 0 Å². The van der Waals surface area contributed by atoms with Gasteiger partial charge in [0.05, 0.1) is 27.4 Å². The molecule has 0 amide bonds. The van der Waals surface area contributed by atoms with Crippen molar-refractivity contribution in [1.82, 2.24) is 15.1 Å². The standard InChI is InChI=1S/C13H14BrClFN3/c1-3-19-13(10(15)7-18-19)12(17-2)8-4-5-9(14)11(16)6-8/h4-7,12,17H,3H2,1-2H3. The number of hydrogen-bond donors (Lipinski definition) is 1. The fourth-order valence-corrected chi connectivity index (χ4v) is 2.56. The normalized spacial score (nSPS) is 12.7. The lowest BCUT2D eigenvalue weighted by Gasteiger charge is -2.19. The molecule has 3 nitrogen and oxygen atoms in total. The smallest absolute Gasteiger partial charge is 0.137 e. The summed E-state index contributed by atoms with van der Waals surface area (Å²) >= 11 is 9.34. The van der Waals surface area contributed by atoms with Crippen molar-refractivity contribution in [2.45, 2.75) is 19.5 Å². The van der Waals surface area contributed by atoms with Gasteiger partial charge in [-0.2, -0.15) is 5.10 Å². The lowest BCUT2D eigenvalue weighted by molar-refractivity contribution is 0.558. The van der Waals surface area contributed by atoms with E-state index in [1.807, 2.05) is 24.7 Å². The van der Waals surface area contributed by atoms with E-state index in [4.69, 9.17) is 11.6 Å². The first-order valence-corrected chi connectivity index (χ1v) is 7.09. The monoisotopic (exact) mass is 345 g/mol. The average Bonchev–Trinajstić information content (AvgIpc) is 2.76. The van der Waals surface area contributed by atoms with Crippen molar-refractivity contribution in [3.8, 4) is 0 Å². The fraction of sp³-hybridized carbons (Fsp3) is 0.308. The summed E-state index contributed by atoms with van der Waals surface area (Å²) in [6, 6.07) is 4.85. The highest BCUT2D eigenvalue weighted by Gasteiger charge is 2.21. The molecule has 0 aliphatic rings. The minimum Gasteiger partial charge on any atom is -0.308 e. The first-order chi connectivity index (χ1) is 9.08. The SMILES string of the molecule is CCn1ncc(Cl)c1C(NC)c1ccc(Br)c(F)c1. The van der Waals surface area contributed by atoms with Crippen LogP contribution in [0.15, 0.2) is 28.9 Å². The second kappa shape index (κ2) is 6.03. The quantitative estimate of drug-likeness (QED) is 0.913. The molecule has 1 N–H and O–H groups in total. The van der Waals surface area contributed by atoms with Gasteiger partial charge in [0.25, 0.3) is 0 Å². The van der Waals surface area contributed by atoms with E-state index in [1.165, 1.54) is 6.07 Å². The van der Waals surface area contributed by atoms with E-state index in [0.717, 1.165) is 11.3 Å². The van der Waals surface area contributed by atoms with Crippen LogP contribution in [0.1, 0.15) is 24.2 Å². The molecule has 2 aromatic rings. The average molecular weight is 347 g/mol. The summed E-state index contributed by atoms with van der Waals surface area (Å²) < 4.78 is 15.9. The number of benzene rings is 1. The van der Waals surface area contributed by atoms with Crippen LogP contribution in [0.2, 0.25) is 5.02 Å². The molecular formula is C13H14BrClFN3. The van der Waals surface area contributed by atoms with Gasteiger partial charge in [0.1, 0.15) is 5.82 Å². The highest BCUT2D eigenvalue weighted by molar-refractivity contribution is 9.10. The molecule has 0 aliphatic heterocycles. The summed E-state index contributed by atoms with van der Waals surface area (Å²) in [4.78, 5) is 0. The maximum Gasteiger partial charge on any atom is 0.137 e. The van der Waals surface area contributed by atoms with Crippen LogP contribution in [0.4, 0.5) is 4.39 Å². The summed E-state index contributed by atoms with van der Waals surface area (Å²) in [5.41, 5.74) is 1.65. The minimum atomic E-state index is -0.295. The zero-order valence-electron chi connectivity index (χ0n) is 10.6. The van der Waals surface area contributed by atoms with Crippen LogP contribution in [0.25, 0.3) is 0 Å². The van der Waals surface area contributed by atoms with Crippen molar-refractivity contribution in [3.63, 3.8) is 0 Å². The molecule has 0 radical (unpaired) electrons. The van der Waals surface area contributed by atoms with Gasteiger partial charge in [-0.15, -0.1) is 0 Å². The van der Waals surface area contributed by atoms with Gasteiger partial charge in [0.15, 0.2) is 0 Å². The fourth-order valence-electron chi connectivity index (χ4n) is 2.06. The molecule has 0 bridgehead atoms. The van der Waals surface area contributed by atoms with Crippen LogP contribution in [-0.4, -0.2) is 16.8 Å². The molecule has 1 aromatic heterocycles. The zero-order chi connectivity index (χ0) is 14.0. The molecule has 0 fully saturated rings. The van der Waals surface area contributed by atoms with Crippen molar-refractivity contribution in [1.29, 1.82) is 0 Å². The number of aryl methyl sites for hydroxylation is 1. The summed E-state index contributed by atoms with van der Waals surface area (Å²) in [5.74, 6) is -0.295. The Kier molecular flexibility index (Phi) is 4.60. The zero-order valence-corrected chi connectivity index (χ0v) is 13.0. The van der Waals surface area contributed by atoms with Crippen molar-refractivity contribution in [3.05, 3.63) is 51.0 Å². The van der Waals surface area contributed by atoms with Crippen LogP contribution in [0, 0.1) is 5.82 Å². The molecule has 6 heteroatoms. The first kappa shape index (κ1) is 14.5. The maximum atomic E-state index is 13.7. The lowest BCUT2D eigenvalue weighted by atomic mass is 10.0. The second-order valence-electron chi connectivity index (χ2n) is 4.09. The third-order valence-electron chi connectivity index (χ3n) is 2.97. The minimum absolute atomic E-state index is 0.197. The third-order valence-corrected chi connectivity index (χ3v) is 3.91. The van der Waals surface area contributed by atoms with E-state index in [-0.39, 0.29) is 11.9 Å². The number of aromatic nitrogens is 2. The maximum absolute atomic E-state index is 13.7. The Balaban J connectivity index is 2.49.